The van der Waals surface area contributed by atoms with Crippen molar-refractivity contribution in [2.45, 2.75) is 46.6 Å². The third-order valence-corrected chi connectivity index (χ3v) is 8.41. The summed E-state index contributed by atoms with van der Waals surface area (Å²) in [5.41, 5.74) is 3.14. The Kier molecular flexibility index (Phi) is 11.5. The van der Waals surface area contributed by atoms with E-state index in [1.165, 1.54) is 16.7 Å². The summed E-state index contributed by atoms with van der Waals surface area (Å²) in [7, 11) is -3.19. The number of aryl methyl sites for hydroxylation is 4. The van der Waals surface area contributed by atoms with Gasteiger partial charge in [0.05, 0.1) is 5.60 Å². The molecule has 0 aliphatic rings. The van der Waals surface area contributed by atoms with Gasteiger partial charge in [-0.1, -0.05) is 25.1 Å². The Labute approximate surface area is 296 Å². The zero-order chi connectivity index (χ0) is 35.0. The number of halogens is 1. The second-order valence-corrected chi connectivity index (χ2v) is 13.2. The van der Waals surface area contributed by atoms with Gasteiger partial charge in [-0.3, -0.25) is 14.1 Å². The third-order valence-electron chi connectivity index (χ3n) is 7.97. The monoisotopic (exact) mass is 863 g/mol. The topological polar surface area (TPSA) is 152 Å². The number of nitrogens with zero attached hydrogens (tertiary/aromatic N) is 1. The van der Waals surface area contributed by atoms with Crippen LogP contribution in [0.25, 0.3) is 22.0 Å². The molecule has 11 nitrogen and oxygen atoms in total. The Hall–Kier alpha value is -3.92. The summed E-state index contributed by atoms with van der Waals surface area (Å²) in [4.78, 5) is 47.9. The van der Waals surface area contributed by atoms with Crippen LogP contribution in [-0.4, -0.2) is 32.0 Å². The molecule has 5 aromatic rings. The summed E-state index contributed by atoms with van der Waals surface area (Å²) in [5, 5.41) is 3.27. The molecule has 1 amide bonds. The number of carbonyl (C=O) groups is 1. The fourth-order valence-electron chi connectivity index (χ4n) is 5.32. The van der Waals surface area contributed by atoms with Gasteiger partial charge in [-0.15, -0.1) is 6.07 Å². The molecule has 0 fully saturated rings. The first-order chi connectivity index (χ1) is 22.6. The molecule has 0 saturated carbocycles. The molecule has 2 aromatic heterocycles. The standard InChI is InChI=1S/C35H36FN3O8P.Re/c1-7-22-8-11-25(12-9-22)37-33(40)29-17-27-28(18-39(6)34(41)31(27)38-29)26-16-23(35(4,5)45-19-46-48(42,43)44)10-13-30(26)47-32-20(2)14-24(36)15-21(32)3;/h8,10-18,38H,7,19H2,1-6H3,(H,37,40)(H2,42,43,44);/q-1;. The smallest absolute Gasteiger partial charge is 0.456 e. The number of rotatable bonds is 11. The number of aromatic amines is 1. The van der Waals surface area contributed by atoms with Crippen molar-refractivity contribution in [1.29, 1.82) is 0 Å². The minimum absolute atomic E-state index is 0. The van der Waals surface area contributed by atoms with Gasteiger partial charge in [-0.25, -0.2) is 8.96 Å². The number of phosphoric acid groups is 1. The van der Waals surface area contributed by atoms with Crippen LogP contribution in [0, 0.1) is 25.7 Å². The number of phosphoric ester groups is 1. The number of hydrogen-bond donors (Lipinski definition) is 4. The predicted molar refractivity (Wildman–Crippen MR) is 180 cm³/mol. The first-order valence-corrected chi connectivity index (χ1v) is 16.6. The fourth-order valence-corrected chi connectivity index (χ4v) is 5.51. The number of ether oxygens (including phenoxy) is 2. The van der Waals surface area contributed by atoms with Gasteiger partial charge in [-0.05, 0) is 74.7 Å². The Morgan fingerprint density at radius 3 is 2.39 bits per heavy atom. The summed E-state index contributed by atoms with van der Waals surface area (Å²) in [6.45, 7) is 8.18. The Bertz CT molecular complexity index is 2100. The van der Waals surface area contributed by atoms with E-state index >= 15 is 0 Å². The number of hydrogen-bond acceptors (Lipinski definition) is 6. The minimum atomic E-state index is -4.77. The van der Waals surface area contributed by atoms with Crippen LogP contribution in [0.3, 0.4) is 0 Å². The summed E-state index contributed by atoms with van der Waals surface area (Å²) < 4.78 is 43.4. The normalized spacial score (nSPS) is 11.8. The number of anilines is 1. The van der Waals surface area contributed by atoms with Gasteiger partial charge < -0.3 is 34.1 Å². The molecule has 0 atom stereocenters. The van der Waals surface area contributed by atoms with E-state index in [1.54, 1.807) is 77.3 Å². The molecule has 49 heavy (non-hydrogen) atoms. The molecule has 3 aromatic carbocycles. The number of H-pyrrole nitrogens is 1. The van der Waals surface area contributed by atoms with E-state index in [-0.39, 0.29) is 37.2 Å². The van der Waals surface area contributed by atoms with Crippen LogP contribution in [0.5, 0.6) is 11.5 Å². The second kappa shape index (κ2) is 14.9. The summed E-state index contributed by atoms with van der Waals surface area (Å²) in [5.74, 6) is -0.0600. The van der Waals surface area contributed by atoms with Crippen molar-refractivity contribution >= 4 is 30.3 Å². The van der Waals surface area contributed by atoms with E-state index in [9.17, 15) is 18.5 Å². The summed E-state index contributed by atoms with van der Waals surface area (Å²) >= 11 is 0. The molecular formula is C35H36FN3O8PRe-. The molecule has 0 unspecified atom stereocenters. The molecule has 0 spiro atoms. The predicted octanol–water partition coefficient (Wildman–Crippen LogP) is 7.01. The van der Waals surface area contributed by atoms with Gasteiger partial charge in [0.2, 0.25) is 0 Å². The quantitative estimate of drug-likeness (QED) is 0.0629. The van der Waals surface area contributed by atoms with Gasteiger partial charge in [0.15, 0.2) is 6.79 Å². The molecule has 14 heteroatoms. The van der Waals surface area contributed by atoms with E-state index in [4.69, 9.17) is 19.3 Å². The molecule has 259 valence electrons. The van der Waals surface area contributed by atoms with Gasteiger partial charge in [0.1, 0.15) is 28.5 Å². The maximum atomic E-state index is 14.1. The van der Waals surface area contributed by atoms with Gasteiger partial charge in [0, 0.05) is 50.2 Å². The van der Waals surface area contributed by atoms with Crippen LogP contribution in [0.1, 0.15) is 53.5 Å². The van der Waals surface area contributed by atoms with E-state index in [0.29, 0.717) is 50.4 Å². The van der Waals surface area contributed by atoms with Gasteiger partial charge in [-0.2, -0.15) is 23.8 Å². The molecule has 0 bridgehead atoms. The molecule has 0 aliphatic heterocycles. The molecular weight excluding hydrogens is 827 g/mol. The average Bonchev–Trinajstić information content (AvgIpc) is 3.47. The molecule has 0 aliphatic carbocycles. The first kappa shape index (κ1) is 37.9. The van der Waals surface area contributed by atoms with Crippen molar-refractivity contribution < 1.29 is 58.0 Å². The Morgan fingerprint density at radius 1 is 1.08 bits per heavy atom. The maximum Gasteiger partial charge on any atom is 0.471 e. The van der Waals surface area contributed by atoms with Crippen LogP contribution in [-0.2, 0) is 53.3 Å². The number of fused-ring (bicyclic) bond motifs is 1. The Balaban J connectivity index is 0.00000541. The SMILES string of the molecule is CCc1[c-]cc(NC(=O)c2cc3c(-c4cc(C(C)(C)OCOP(=O)(O)O)ccc4Oc4c(C)cc(F)cc4C)cn(C)c(=O)c3[nH]2)cc1.[Re]. The average molecular weight is 863 g/mol. The zero-order valence-electron chi connectivity index (χ0n) is 27.7. The van der Waals surface area contributed by atoms with Gasteiger partial charge >= 0.3 is 7.82 Å². The molecule has 4 N–H and O–H groups in total. The molecule has 1 radical (unpaired) electrons. The number of benzene rings is 3. The number of aromatic nitrogens is 2. The molecule has 2 heterocycles. The number of nitrogens with one attached hydrogen (secondary N) is 2. The largest absolute Gasteiger partial charge is 0.471 e. The number of pyridine rings is 1. The van der Waals surface area contributed by atoms with Crippen LogP contribution in [0.15, 0.2) is 65.6 Å². The maximum absolute atomic E-state index is 14.1. The van der Waals surface area contributed by atoms with Crippen LogP contribution in [0.4, 0.5) is 10.1 Å². The van der Waals surface area contributed by atoms with Crippen molar-refractivity contribution in [2.75, 3.05) is 12.1 Å². The second-order valence-electron chi connectivity index (χ2n) is 11.9. The van der Waals surface area contributed by atoms with Crippen molar-refractivity contribution in [2.24, 2.45) is 7.05 Å². The van der Waals surface area contributed by atoms with E-state index in [0.717, 1.165) is 12.0 Å². The Morgan fingerprint density at radius 2 is 1.78 bits per heavy atom. The number of carbonyl (C=O) groups excluding carboxylic acids is 1. The minimum Gasteiger partial charge on any atom is -0.456 e. The zero-order valence-corrected chi connectivity index (χ0v) is 31.3. The van der Waals surface area contributed by atoms with Crippen molar-refractivity contribution in [3.63, 3.8) is 0 Å². The van der Waals surface area contributed by atoms with E-state index in [2.05, 4.69) is 20.9 Å². The molecule has 0 saturated heterocycles. The first-order valence-electron chi connectivity index (χ1n) is 15.0. The van der Waals surface area contributed by atoms with Crippen molar-refractivity contribution in [3.8, 4) is 22.6 Å². The van der Waals surface area contributed by atoms with Crippen molar-refractivity contribution in [1.82, 2.24) is 9.55 Å². The van der Waals surface area contributed by atoms with Crippen LogP contribution >= 0.6 is 7.82 Å². The van der Waals surface area contributed by atoms with Crippen molar-refractivity contribution in [3.05, 3.63) is 111 Å². The van der Waals surface area contributed by atoms with Crippen LogP contribution < -0.4 is 15.6 Å². The number of amides is 1. The fraction of sp³-hybridized carbons (Fsp3) is 0.257. The summed E-state index contributed by atoms with van der Waals surface area (Å²) in [6.07, 6.45) is 2.43. The van der Waals surface area contributed by atoms with E-state index < -0.39 is 31.9 Å². The van der Waals surface area contributed by atoms with Crippen LogP contribution in [0.2, 0.25) is 0 Å². The third kappa shape index (κ3) is 8.64. The molecule has 5 rings (SSSR count). The summed E-state index contributed by atoms with van der Waals surface area (Å²) in [6, 6.07) is 18.0. The van der Waals surface area contributed by atoms with E-state index in [1.807, 2.05) is 13.0 Å². The van der Waals surface area contributed by atoms with Gasteiger partial charge in [0.25, 0.3) is 11.5 Å².